The van der Waals surface area contributed by atoms with Gasteiger partial charge in [0, 0.05) is 26.3 Å². The second kappa shape index (κ2) is 8.45. The van der Waals surface area contributed by atoms with Crippen molar-refractivity contribution in [1.29, 1.82) is 0 Å². The van der Waals surface area contributed by atoms with Gasteiger partial charge >= 0.3 is 0 Å². The molecule has 1 aromatic heterocycles. The van der Waals surface area contributed by atoms with Crippen LogP contribution in [0.1, 0.15) is 25.0 Å². The van der Waals surface area contributed by atoms with Gasteiger partial charge in [-0.3, -0.25) is 0 Å². The van der Waals surface area contributed by atoms with Crippen LogP contribution in [-0.4, -0.2) is 4.98 Å². The Kier molecular flexibility index (Phi) is 5.27. The molecule has 0 bridgehead atoms. The van der Waals surface area contributed by atoms with Crippen molar-refractivity contribution in [2.24, 2.45) is 5.92 Å². The lowest BCUT2D eigenvalue weighted by atomic mass is 9.87. The molecule has 0 aliphatic carbocycles. The predicted octanol–water partition coefficient (Wildman–Crippen LogP) is 9.21. The van der Waals surface area contributed by atoms with Crippen LogP contribution in [0, 0.1) is 12.8 Å². The van der Waals surface area contributed by atoms with Crippen molar-refractivity contribution in [3.63, 3.8) is 0 Å². The molecule has 1 nitrogen and oxygen atoms in total. The highest BCUT2D eigenvalue weighted by atomic mass is 32.2. The number of aromatic nitrogens is 1. The molecule has 0 radical (unpaired) electrons. The minimum atomic E-state index is 0.582. The molecule has 166 valence electrons. The monoisotopic (exact) mass is 457 g/mol. The van der Waals surface area contributed by atoms with Crippen LogP contribution in [0.3, 0.4) is 0 Å². The van der Waals surface area contributed by atoms with Crippen molar-refractivity contribution in [2.45, 2.75) is 37.0 Å². The zero-order valence-electron chi connectivity index (χ0n) is 19.8. The molecule has 0 saturated heterocycles. The van der Waals surface area contributed by atoms with Gasteiger partial charge in [-0.2, -0.15) is 0 Å². The number of para-hydroxylation sites is 1. The molecule has 0 fully saturated rings. The minimum Gasteiger partial charge on any atom is -0.248 e. The largest absolute Gasteiger partial charge is 0.248 e. The molecule has 5 aromatic rings. The van der Waals surface area contributed by atoms with Crippen LogP contribution in [0.15, 0.2) is 101 Å². The molecule has 2 heterocycles. The van der Waals surface area contributed by atoms with E-state index in [1.165, 1.54) is 54.1 Å². The van der Waals surface area contributed by atoms with Crippen molar-refractivity contribution in [3.8, 4) is 33.5 Å². The minimum absolute atomic E-state index is 0.582. The second-order valence-corrected chi connectivity index (χ2v) is 10.6. The average Bonchev–Trinajstić information content (AvgIpc) is 2.98. The molecule has 0 N–H and O–H groups in total. The summed E-state index contributed by atoms with van der Waals surface area (Å²) in [5.74, 6) is 0.582. The lowest BCUT2D eigenvalue weighted by molar-refractivity contribution is 0.650. The van der Waals surface area contributed by atoms with Crippen molar-refractivity contribution < 1.29 is 0 Å². The van der Waals surface area contributed by atoms with Gasteiger partial charge < -0.3 is 0 Å². The maximum Gasteiger partial charge on any atom is 0.0721 e. The van der Waals surface area contributed by atoms with E-state index in [2.05, 4.69) is 112 Å². The summed E-state index contributed by atoms with van der Waals surface area (Å²) in [6.07, 6.45) is 1.04. The first-order valence-electron chi connectivity index (χ1n) is 12.0. The first-order chi connectivity index (χ1) is 16.6. The number of benzene rings is 4. The quantitative estimate of drug-likeness (QED) is 0.263. The number of hydrogen-bond acceptors (Lipinski definition) is 2. The van der Waals surface area contributed by atoms with E-state index in [9.17, 15) is 0 Å². The number of hydrogen-bond donors (Lipinski definition) is 0. The molecule has 0 saturated carbocycles. The Morgan fingerprint density at radius 3 is 2.24 bits per heavy atom. The predicted molar refractivity (Wildman–Crippen MR) is 145 cm³/mol. The lowest BCUT2D eigenvalue weighted by Crippen LogP contribution is -2.00. The molecule has 0 amide bonds. The fourth-order valence-corrected chi connectivity index (χ4v) is 6.31. The number of nitrogens with zero attached hydrogens (tertiary/aromatic N) is 1. The van der Waals surface area contributed by atoms with E-state index in [1.807, 2.05) is 11.8 Å². The Morgan fingerprint density at radius 1 is 0.706 bits per heavy atom. The topological polar surface area (TPSA) is 12.9 Å². The van der Waals surface area contributed by atoms with Gasteiger partial charge in [-0.25, -0.2) is 4.98 Å². The van der Waals surface area contributed by atoms with Gasteiger partial charge in [-0.15, -0.1) is 0 Å². The van der Waals surface area contributed by atoms with Crippen LogP contribution in [0.5, 0.6) is 0 Å². The Hall–Kier alpha value is -3.36. The zero-order chi connectivity index (χ0) is 23.2. The van der Waals surface area contributed by atoms with E-state index in [-0.39, 0.29) is 0 Å². The first kappa shape index (κ1) is 21.2. The molecular weight excluding hydrogens is 430 g/mol. The molecule has 6 rings (SSSR count). The van der Waals surface area contributed by atoms with Gasteiger partial charge in [0.2, 0.25) is 0 Å². The summed E-state index contributed by atoms with van der Waals surface area (Å²) in [5.41, 5.74) is 11.2. The summed E-state index contributed by atoms with van der Waals surface area (Å²) in [6, 6.07) is 33.1. The van der Waals surface area contributed by atoms with Crippen LogP contribution >= 0.6 is 11.8 Å². The van der Waals surface area contributed by atoms with Crippen molar-refractivity contribution in [1.82, 2.24) is 4.98 Å². The zero-order valence-corrected chi connectivity index (χ0v) is 20.6. The van der Waals surface area contributed by atoms with Crippen molar-refractivity contribution >= 4 is 22.7 Å². The Bertz CT molecular complexity index is 1550. The molecule has 34 heavy (non-hydrogen) atoms. The van der Waals surface area contributed by atoms with Gasteiger partial charge in [0.15, 0.2) is 0 Å². The van der Waals surface area contributed by atoms with Gasteiger partial charge in [-0.1, -0.05) is 92.3 Å². The normalized spacial score (nSPS) is 12.2. The molecule has 0 spiro atoms. The molecule has 1 aliphatic heterocycles. The van der Waals surface area contributed by atoms with E-state index >= 15 is 0 Å². The van der Waals surface area contributed by atoms with Gasteiger partial charge in [0.1, 0.15) is 0 Å². The summed E-state index contributed by atoms with van der Waals surface area (Å²) in [4.78, 5) is 7.82. The fourth-order valence-electron chi connectivity index (χ4n) is 5.19. The van der Waals surface area contributed by atoms with Crippen LogP contribution in [0.4, 0.5) is 0 Å². The number of fused-ring (bicyclic) bond motifs is 6. The van der Waals surface area contributed by atoms with Crippen LogP contribution in [-0.2, 0) is 6.42 Å². The van der Waals surface area contributed by atoms with Gasteiger partial charge in [-0.05, 0) is 71.3 Å². The summed E-state index contributed by atoms with van der Waals surface area (Å²) >= 11 is 1.87. The van der Waals surface area contributed by atoms with Crippen molar-refractivity contribution in [3.05, 3.63) is 102 Å². The SMILES string of the molecule is Cc1ccc2c(c1-c1cc(CC(C)C)c3ccccc3n1)-c1ccccc1-c1ccccc1S2. The number of rotatable bonds is 3. The number of pyridine rings is 1. The maximum atomic E-state index is 5.23. The molecule has 4 aromatic carbocycles. The van der Waals surface area contributed by atoms with E-state index in [4.69, 9.17) is 4.98 Å². The Balaban J connectivity index is 1.68. The second-order valence-electron chi connectivity index (χ2n) is 9.56. The first-order valence-corrected chi connectivity index (χ1v) is 12.8. The van der Waals surface area contributed by atoms with Gasteiger partial charge in [0.25, 0.3) is 0 Å². The Labute approximate surface area is 205 Å². The molecule has 0 unspecified atom stereocenters. The van der Waals surface area contributed by atoms with Crippen LogP contribution in [0.25, 0.3) is 44.4 Å². The molecule has 1 aliphatic rings. The summed E-state index contributed by atoms with van der Waals surface area (Å²) in [5, 5.41) is 1.27. The van der Waals surface area contributed by atoms with Gasteiger partial charge in [0.05, 0.1) is 11.2 Å². The highest BCUT2D eigenvalue weighted by molar-refractivity contribution is 7.99. The third-order valence-corrected chi connectivity index (χ3v) is 7.79. The van der Waals surface area contributed by atoms with E-state index in [0.717, 1.165) is 17.6 Å². The molecular formula is C32H27NS. The van der Waals surface area contributed by atoms with Crippen LogP contribution < -0.4 is 0 Å². The highest BCUT2D eigenvalue weighted by Crippen LogP contribution is 2.51. The maximum absolute atomic E-state index is 5.23. The molecule has 0 atom stereocenters. The van der Waals surface area contributed by atoms with E-state index in [0.29, 0.717) is 5.92 Å². The smallest absolute Gasteiger partial charge is 0.0721 e. The molecule has 2 heteroatoms. The van der Waals surface area contributed by atoms with Crippen LogP contribution in [0.2, 0.25) is 0 Å². The standard InChI is InChI=1S/C32H27NS/c1-20(2)18-22-19-28(33-27-14-8-6-10-23(22)27)31-21(3)16-17-30-32(31)26-13-5-4-11-24(26)25-12-7-9-15-29(25)34-30/h4-17,19-20H,18H2,1-3H3. The van der Waals surface area contributed by atoms with E-state index < -0.39 is 0 Å². The average molecular weight is 458 g/mol. The fraction of sp³-hybridized carbons (Fsp3) is 0.156. The third kappa shape index (κ3) is 3.54. The third-order valence-electron chi connectivity index (χ3n) is 6.66. The van der Waals surface area contributed by atoms with Crippen molar-refractivity contribution in [2.75, 3.05) is 0 Å². The summed E-state index contributed by atoms with van der Waals surface area (Å²) in [7, 11) is 0. The number of aryl methyl sites for hydroxylation is 1. The van der Waals surface area contributed by atoms with E-state index in [1.54, 1.807) is 0 Å². The lowest BCUT2D eigenvalue weighted by Gasteiger charge is -2.19. The summed E-state index contributed by atoms with van der Waals surface area (Å²) in [6.45, 7) is 6.80. The summed E-state index contributed by atoms with van der Waals surface area (Å²) < 4.78 is 0. The Morgan fingerprint density at radius 2 is 1.41 bits per heavy atom. The highest BCUT2D eigenvalue weighted by Gasteiger charge is 2.24.